The second-order valence-electron chi connectivity index (χ2n) is 5.91. The summed E-state index contributed by atoms with van der Waals surface area (Å²) < 4.78 is 41.5. The van der Waals surface area contributed by atoms with Gasteiger partial charge in [0.05, 0.1) is 29.1 Å². The normalized spacial score (nSPS) is 11.6. The first-order valence-electron chi connectivity index (χ1n) is 8.37. The lowest BCUT2D eigenvalue weighted by atomic mass is 10.1. The van der Waals surface area contributed by atoms with Crippen LogP contribution in [0.1, 0.15) is 17.5 Å². The Labute approximate surface area is 158 Å². The Morgan fingerprint density at radius 2 is 2.00 bits per heavy atom. The van der Waals surface area contributed by atoms with Gasteiger partial charge in [-0.05, 0) is 30.3 Å². The molecular formula is C20H15F3N4O. The van der Waals surface area contributed by atoms with E-state index in [0.29, 0.717) is 5.52 Å². The number of benzene rings is 2. The lowest BCUT2D eigenvalue weighted by Crippen LogP contribution is -2.21. The van der Waals surface area contributed by atoms with Crippen molar-refractivity contribution in [3.05, 3.63) is 66.0 Å². The quantitative estimate of drug-likeness (QED) is 0.532. The zero-order valence-corrected chi connectivity index (χ0v) is 14.6. The van der Waals surface area contributed by atoms with Gasteiger partial charge in [0.15, 0.2) is 0 Å². The van der Waals surface area contributed by atoms with Crippen molar-refractivity contribution in [1.29, 1.82) is 5.26 Å². The Balaban J connectivity index is 2.08. The van der Waals surface area contributed by atoms with Crippen LogP contribution in [0.15, 0.2) is 54.9 Å². The number of rotatable bonds is 5. The summed E-state index contributed by atoms with van der Waals surface area (Å²) >= 11 is 0. The third-order valence-electron chi connectivity index (χ3n) is 3.98. The van der Waals surface area contributed by atoms with E-state index in [9.17, 15) is 18.0 Å². The maximum atomic E-state index is 13.3. The van der Waals surface area contributed by atoms with Crippen molar-refractivity contribution >= 4 is 23.0 Å². The van der Waals surface area contributed by atoms with Crippen LogP contribution in [-0.2, 0) is 11.0 Å². The molecule has 0 aliphatic rings. The van der Waals surface area contributed by atoms with Gasteiger partial charge in [0.1, 0.15) is 6.33 Å². The van der Waals surface area contributed by atoms with Crippen molar-refractivity contribution in [2.75, 3.05) is 6.54 Å². The molecule has 1 N–H and O–H groups in total. The second kappa shape index (κ2) is 7.96. The number of nitrogens with one attached hydrogen (secondary N) is 1. The van der Waals surface area contributed by atoms with Gasteiger partial charge in [-0.25, -0.2) is 4.98 Å². The molecule has 5 nitrogen and oxygen atoms in total. The van der Waals surface area contributed by atoms with Crippen LogP contribution in [-0.4, -0.2) is 22.0 Å². The molecule has 8 heteroatoms. The van der Waals surface area contributed by atoms with Crippen LogP contribution in [0, 0.1) is 11.3 Å². The molecule has 0 atom stereocenters. The summed E-state index contributed by atoms with van der Waals surface area (Å²) in [6.07, 6.45) is -0.476. The summed E-state index contributed by atoms with van der Waals surface area (Å²) in [5.41, 5.74) is 0.728. The van der Waals surface area contributed by atoms with E-state index in [-0.39, 0.29) is 24.0 Å². The van der Waals surface area contributed by atoms with E-state index < -0.39 is 17.6 Å². The average molecular weight is 384 g/mol. The van der Waals surface area contributed by atoms with Crippen LogP contribution in [0.5, 0.6) is 0 Å². The van der Waals surface area contributed by atoms with Crippen LogP contribution in [0.3, 0.4) is 0 Å². The highest BCUT2D eigenvalue weighted by Crippen LogP contribution is 2.34. The average Bonchev–Trinajstić information content (AvgIpc) is 3.10. The Morgan fingerprint density at radius 1 is 1.25 bits per heavy atom. The Kier molecular flexibility index (Phi) is 5.45. The van der Waals surface area contributed by atoms with Crippen LogP contribution in [0.4, 0.5) is 13.2 Å². The number of carbonyl (C=O) groups excluding carboxylic acids is 1. The number of hydrogen-bond donors (Lipinski definition) is 1. The van der Waals surface area contributed by atoms with Crippen molar-refractivity contribution < 1.29 is 18.0 Å². The van der Waals surface area contributed by atoms with Gasteiger partial charge < -0.3 is 5.32 Å². The molecule has 3 aromatic rings. The summed E-state index contributed by atoms with van der Waals surface area (Å²) in [4.78, 5) is 16.0. The number of para-hydroxylation sites is 1. The standard InChI is InChI=1S/C20H15F3N4O/c21-20(22,23)15-11-14(7-8-18(28)25-10-4-9-24)19-17(12-15)26-13-27(19)16-5-2-1-3-6-16/h1-3,5-8,11-13H,4,10H2,(H,25,28)/b8-7+. The number of hydrogen-bond acceptors (Lipinski definition) is 3. The van der Waals surface area contributed by atoms with Crippen molar-refractivity contribution in [3.8, 4) is 11.8 Å². The Hall–Kier alpha value is -3.60. The molecular weight excluding hydrogens is 369 g/mol. The first-order valence-corrected chi connectivity index (χ1v) is 8.37. The van der Waals surface area contributed by atoms with Gasteiger partial charge in [0, 0.05) is 23.9 Å². The first-order chi connectivity index (χ1) is 13.4. The number of fused-ring (bicyclic) bond motifs is 1. The second-order valence-corrected chi connectivity index (χ2v) is 5.91. The number of amides is 1. The number of nitriles is 1. The molecule has 2 aromatic carbocycles. The molecule has 0 saturated heterocycles. The molecule has 0 unspecified atom stereocenters. The van der Waals surface area contributed by atoms with Gasteiger partial charge in [0.25, 0.3) is 0 Å². The molecule has 1 heterocycles. The zero-order chi connectivity index (χ0) is 20.1. The van der Waals surface area contributed by atoms with Crippen molar-refractivity contribution in [1.82, 2.24) is 14.9 Å². The molecule has 0 bridgehead atoms. The molecule has 0 saturated carbocycles. The summed E-state index contributed by atoms with van der Waals surface area (Å²) in [5.74, 6) is -0.494. The fourth-order valence-corrected chi connectivity index (χ4v) is 2.72. The number of aromatic nitrogens is 2. The van der Waals surface area contributed by atoms with Gasteiger partial charge in [-0.3, -0.25) is 9.36 Å². The highest BCUT2D eigenvalue weighted by atomic mass is 19.4. The number of carbonyl (C=O) groups is 1. The number of imidazole rings is 1. The molecule has 0 aliphatic carbocycles. The highest BCUT2D eigenvalue weighted by Gasteiger charge is 2.31. The first kappa shape index (κ1) is 19.2. The summed E-state index contributed by atoms with van der Waals surface area (Å²) in [6, 6.07) is 12.9. The minimum Gasteiger partial charge on any atom is -0.352 e. The topological polar surface area (TPSA) is 70.7 Å². The van der Waals surface area contributed by atoms with Crippen LogP contribution >= 0.6 is 0 Å². The Bertz CT molecular complexity index is 1060. The van der Waals surface area contributed by atoms with Crippen molar-refractivity contribution in [2.45, 2.75) is 12.6 Å². The minimum atomic E-state index is -4.54. The van der Waals surface area contributed by atoms with Crippen molar-refractivity contribution in [3.63, 3.8) is 0 Å². The van der Waals surface area contributed by atoms with E-state index in [1.165, 1.54) is 12.4 Å². The van der Waals surface area contributed by atoms with Gasteiger partial charge >= 0.3 is 6.18 Å². The number of halogens is 3. The van der Waals surface area contributed by atoms with Crippen LogP contribution in [0.25, 0.3) is 22.8 Å². The molecule has 1 aromatic heterocycles. The van der Waals surface area contributed by atoms with E-state index in [2.05, 4.69) is 10.3 Å². The van der Waals surface area contributed by atoms with Gasteiger partial charge in [0.2, 0.25) is 5.91 Å². The predicted octanol–water partition coefficient (Wildman–Crippen LogP) is 4.09. The molecule has 1 amide bonds. The molecule has 0 aliphatic heterocycles. The minimum absolute atomic E-state index is 0.147. The summed E-state index contributed by atoms with van der Waals surface area (Å²) in [5, 5.41) is 11.0. The van der Waals surface area contributed by atoms with Crippen molar-refractivity contribution in [2.24, 2.45) is 0 Å². The lowest BCUT2D eigenvalue weighted by molar-refractivity contribution is -0.137. The fraction of sp³-hybridized carbons (Fsp3) is 0.150. The monoisotopic (exact) mass is 384 g/mol. The van der Waals surface area contributed by atoms with Gasteiger partial charge in [-0.2, -0.15) is 18.4 Å². The highest BCUT2D eigenvalue weighted by molar-refractivity contribution is 5.95. The lowest BCUT2D eigenvalue weighted by Gasteiger charge is -2.11. The number of nitrogens with zero attached hydrogens (tertiary/aromatic N) is 3. The largest absolute Gasteiger partial charge is 0.416 e. The number of alkyl halides is 3. The molecule has 0 radical (unpaired) electrons. The zero-order valence-electron chi connectivity index (χ0n) is 14.6. The van der Waals surface area contributed by atoms with Gasteiger partial charge in [-0.15, -0.1) is 0 Å². The van der Waals surface area contributed by atoms with Crippen LogP contribution in [0.2, 0.25) is 0 Å². The molecule has 142 valence electrons. The third-order valence-corrected chi connectivity index (χ3v) is 3.98. The third kappa shape index (κ3) is 4.20. The summed E-state index contributed by atoms with van der Waals surface area (Å²) in [6.45, 7) is 0.166. The maximum absolute atomic E-state index is 13.3. The molecule has 0 spiro atoms. The molecule has 0 fully saturated rings. The van der Waals surface area contributed by atoms with E-state index >= 15 is 0 Å². The van der Waals surface area contributed by atoms with Gasteiger partial charge in [-0.1, -0.05) is 18.2 Å². The van der Waals surface area contributed by atoms with E-state index in [0.717, 1.165) is 23.9 Å². The maximum Gasteiger partial charge on any atom is 0.416 e. The van der Waals surface area contributed by atoms with Crippen LogP contribution < -0.4 is 5.32 Å². The Morgan fingerprint density at radius 3 is 2.68 bits per heavy atom. The van der Waals surface area contributed by atoms with E-state index in [4.69, 9.17) is 5.26 Å². The molecule has 3 rings (SSSR count). The SMILES string of the molecule is N#CCCNC(=O)/C=C/c1cc(C(F)(F)F)cc2ncn(-c3ccccc3)c12. The molecule has 28 heavy (non-hydrogen) atoms. The smallest absolute Gasteiger partial charge is 0.352 e. The van der Waals surface area contributed by atoms with E-state index in [1.807, 2.05) is 24.3 Å². The predicted molar refractivity (Wildman–Crippen MR) is 98.3 cm³/mol. The summed E-state index contributed by atoms with van der Waals surface area (Å²) in [7, 11) is 0. The van der Waals surface area contributed by atoms with E-state index in [1.54, 1.807) is 16.7 Å². The fourth-order valence-electron chi connectivity index (χ4n) is 2.72.